The number of fused-ring (bicyclic) bond motifs is 1. The van der Waals surface area contributed by atoms with Crippen LogP contribution >= 0.6 is 0 Å². The molecule has 242 valence electrons. The van der Waals surface area contributed by atoms with Crippen LogP contribution in [0.25, 0.3) is 22.5 Å². The number of ether oxygens (including phenoxy) is 2. The lowest BCUT2D eigenvalue weighted by Crippen LogP contribution is -2.26. The van der Waals surface area contributed by atoms with Crippen LogP contribution < -0.4 is 14.8 Å². The molecular formula is C40H43N3O4. The maximum atomic E-state index is 13.5. The maximum absolute atomic E-state index is 13.5. The van der Waals surface area contributed by atoms with Crippen LogP contribution in [0.15, 0.2) is 95.5 Å². The molecule has 7 heteroatoms. The van der Waals surface area contributed by atoms with Gasteiger partial charge in [0.25, 0.3) is 5.91 Å². The lowest BCUT2D eigenvalue weighted by atomic mass is 9.91. The number of rotatable bonds is 12. The first kappa shape index (κ1) is 32.1. The van der Waals surface area contributed by atoms with Crippen LogP contribution in [-0.2, 0) is 26.2 Å². The van der Waals surface area contributed by atoms with Crippen LogP contribution in [0.1, 0.15) is 71.4 Å². The van der Waals surface area contributed by atoms with Crippen molar-refractivity contribution >= 4 is 5.91 Å². The van der Waals surface area contributed by atoms with E-state index in [0.717, 1.165) is 59.5 Å². The fourth-order valence-electron chi connectivity index (χ4n) is 5.99. The molecule has 6 rings (SSSR count). The van der Waals surface area contributed by atoms with Gasteiger partial charge in [0.05, 0.1) is 11.1 Å². The Kier molecular flexibility index (Phi) is 10.0. The molecule has 1 aliphatic rings. The molecule has 0 unspecified atom stereocenters. The smallest absolute Gasteiger partial charge is 0.274 e. The molecule has 0 fully saturated rings. The number of benzene rings is 4. The second-order valence-corrected chi connectivity index (χ2v) is 12.6. The number of carbonyl (C=O) groups excluding carboxylic acids is 1. The van der Waals surface area contributed by atoms with Crippen LogP contribution in [0.2, 0.25) is 0 Å². The minimum Gasteiger partial charge on any atom is -0.488 e. The van der Waals surface area contributed by atoms with Gasteiger partial charge in [0.1, 0.15) is 24.7 Å². The summed E-state index contributed by atoms with van der Waals surface area (Å²) in [5.41, 5.74) is 8.26. The molecule has 47 heavy (non-hydrogen) atoms. The average Bonchev–Trinajstić information content (AvgIpc) is 3.54. The molecule has 7 nitrogen and oxygen atoms in total. The first-order chi connectivity index (χ1) is 22.9. The topological polar surface area (TPSA) is 76.8 Å². The SMILES string of the molecule is CCCNC(=O)c1noc(-c2cc(C(C)C)c(OCc3ccccc3)cc2OCc2ccccc2)c1-c1ccc2c(c1)CCN(C)C2. The van der Waals surface area contributed by atoms with E-state index in [4.69, 9.17) is 14.0 Å². The first-order valence-corrected chi connectivity index (χ1v) is 16.5. The molecule has 0 saturated carbocycles. The van der Waals surface area contributed by atoms with Gasteiger partial charge in [-0.15, -0.1) is 0 Å². The van der Waals surface area contributed by atoms with E-state index < -0.39 is 0 Å². The second kappa shape index (κ2) is 14.7. The maximum Gasteiger partial charge on any atom is 0.274 e. The molecule has 0 radical (unpaired) electrons. The van der Waals surface area contributed by atoms with Gasteiger partial charge >= 0.3 is 0 Å². The van der Waals surface area contributed by atoms with Gasteiger partial charge in [-0.3, -0.25) is 4.79 Å². The van der Waals surface area contributed by atoms with Crippen molar-refractivity contribution < 1.29 is 18.8 Å². The van der Waals surface area contributed by atoms with Crippen molar-refractivity contribution in [1.82, 2.24) is 15.4 Å². The van der Waals surface area contributed by atoms with E-state index in [9.17, 15) is 4.79 Å². The van der Waals surface area contributed by atoms with E-state index in [1.807, 2.05) is 61.5 Å². The predicted octanol–water partition coefficient (Wildman–Crippen LogP) is 8.42. The van der Waals surface area contributed by atoms with Gasteiger partial charge in [-0.05, 0) is 65.3 Å². The summed E-state index contributed by atoms with van der Waals surface area (Å²) in [5.74, 6) is 1.73. The van der Waals surface area contributed by atoms with E-state index >= 15 is 0 Å². The lowest BCUT2D eigenvalue weighted by molar-refractivity contribution is 0.0945. The second-order valence-electron chi connectivity index (χ2n) is 12.6. The molecule has 5 aromatic rings. The van der Waals surface area contributed by atoms with Crippen molar-refractivity contribution in [3.05, 3.63) is 125 Å². The number of hydrogen-bond acceptors (Lipinski definition) is 6. The molecule has 1 N–H and O–H groups in total. The fourth-order valence-corrected chi connectivity index (χ4v) is 5.99. The molecule has 0 spiro atoms. The van der Waals surface area contributed by atoms with Gasteiger partial charge < -0.3 is 24.2 Å². The number of hydrogen-bond donors (Lipinski definition) is 1. The molecule has 0 aliphatic carbocycles. The van der Waals surface area contributed by atoms with Crippen LogP contribution in [-0.4, -0.2) is 36.1 Å². The Bertz CT molecular complexity index is 1810. The van der Waals surface area contributed by atoms with Gasteiger partial charge in [-0.2, -0.15) is 0 Å². The van der Waals surface area contributed by atoms with E-state index in [-0.39, 0.29) is 17.5 Å². The summed E-state index contributed by atoms with van der Waals surface area (Å²) in [4.78, 5) is 15.8. The highest BCUT2D eigenvalue weighted by Gasteiger charge is 2.29. The first-order valence-electron chi connectivity index (χ1n) is 16.5. The third-order valence-corrected chi connectivity index (χ3v) is 8.59. The zero-order valence-corrected chi connectivity index (χ0v) is 27.7. The Hall–Kier alpha value is -4.88. The van der Waals surface area contributed by atoms with E-state index in [1.165, 1.54) is 11.1 Å². The van der Waals surface area contributed by atoms with Crippen molar-refractivity contribution in [2.45, 2.75) is 59.3 Å². The van der Waals surface area contributed by atoms with Gasteiger partial charge in [0, 0.05) is 25.7 Å². The van der Waals surface area contributed by atoms with Crippen molar-refractivity contribution in [1.29, 1.82) is 0 Å². The summed E-state index contributed by atoms with van der Waals surface area (Å²) < 4.78 is 19.2. The van der Waals surface area contributed by atoms with Crippen molar-refractivity contribution in [3.8, 4) is 33.9 Å². The summed E-state index contributed by atoms with van der Waals surface area (Å²) in [6.07, 6.45) is 1.76. The largest absolute Gasteiger partial charge is 0.488 e. The minimum atomic E-state index is -0.257. The van der Waals surface area contributed by atoms with Crippen molar-refractivity contribution in [2.24, 2.45) is 0 Å². The van der Waals surface area contributed by atoms with Crippen LogP contribution in [0.5, 0.6) is 11.5 Å². The Morgan fingerprint density at radius 3 is 2.23 bits per heavy atom. The Labute approximate surface area is 277 Å². The summed E-state index contributed by atoms with van der Waals surface area (Å²) in [6, 6.07) is 30.7. The number of nitrogens with zero attached hydrogens (tertiary/aromatic N) is 2. The number of aromatic nitrogens is 1. The molecule has 4 aromatic carbocycles. The summed E-state index contributed by atoms with van der Waals surface area (Å²) >= 11 is 0. The standard InChI is InChI=1S/C40H43N3O4/c1-5-19-41-40(44)38-37(31-16-17-32-24-43(4)20-18-30(32)21-31)39(47-42-38)34-22-33(27(2)3)35(45-25-28-12-8-6-9-13-28)23-36(34)46-26-29-14-10-7-11-15-29/h6-17,21-23,27H,5,18-20,24-26H2,1-4H3,(H,41,44). The average molecular weight is 630 g/mol. The molecule has 1 aliphatic heterocycles. The molecule has 0 atom stereocenters. The monoisotopic (exact) mass is 629 g/mol. The highest BCUT2D eigenvalue weighted by Crippen LogP contribution is 2.45. The molecule has 2 heterocycles. The minimum absolute atomic E-state index is 0.141. The van der Waals surface area contributed by atoms with Gasteiger partial charge in [-0.1, -0.05) is 105 Å². The summed E-state index contributed by atoms with van der Waals surface area (Å²) in [5, 5.41) is 7.40. The summed E-state index contributed by atoms with van der Waals surface area (Å²) in [6.45, 7) is 9.53. The van der Waals surface area contributed by atoms with Crippen molar-refractivity contribution in [3.63, 3.8) is 0 Å². The van der Waals surface area contributed by atoms with Crippen LogP contribution in [0, 0.1) is 0 Å². The lowest BCUT2D eigenvalue weighted by Gasteiger charge is -2.25. The quantitative estimate of drug-likeness (QED) is 0.149. The zero-order chi connectivity index (χ0) is 32.8. The Morgan fingerprint density at radius 2 is 1.57 bits per heavy atom. The van der Waals surface area contributed by atoms with Gasteiger partial charge in [-0.25, -0.2) is 0 Å². The number of carbonyl (C=O) groups is 1. The zero-order valence-electron chi connectivity index (χ0n) is 27.7. The molecule has 0 saturated heterocycles. The predicted molar refractivity (Wildman–Crippen MR) is 186 cm³/mol. The highest BCUT2D eigenvalue weighted by atomic mass is 16.5. The van der Waals surface area contributed by atoms with E-state index in [0.29, 0.717) is 36.8 Å². The van der Waals surface area contributed by atoms with E-state index in [2.05, 4.69) is 72.7 Å². The number of amides is 1. The Balaban J connectivity index is 1.49. The van der Waals surface area contributed by atoms with Crippen molar-refractivity contribution in [2.75, 3.05) is 20.1 Å². The van der Waals surface area contributed by atoms with E-state index in [1.54, 1.807) is 0 Å². The Morgan fingerprint density at radius 1 is 0.894 bits per heavy atom. The van der Waals surface area contributed by atoms with Crippen LogP contribution in [0.4, 0.5) is 0 Å². The molecule has 1 aromatic heterocycles. The summed E-state index contributed by atoms with van der Waals surface area (Å²) in [7, 11) is 2.14. The molecule has 1 amide bonds. The fraction of sp³-hybridized carbons (Fsp3) is 0.300. The number of nitrogens with one attached hydrogen (secondary N) is 1. The highest BCUT2D eigenvalue weighted by molar-refractivity contribution is 6.02. The van der Waals surface area contributed by atoms with Crippen LogP contribution in [0.3, 0.4) is 0 Å². The third-order valence-electron chi connectivity index (χ3n) is 8.59. The number of likely N-dealkylation sites (N-methyl/N-ethyl adjacent to an activating group) is 1. The normalized spacial score (nSPS) is 13.0. The molecule has 0 bridgehead atoms. The molecular weight excluding hydrogens is 586 g/mol. The third kappa shape index (κ3) is 7.42. The van der Waals surface area contributed by atoms with Gasteiger partial charge in [0.15, 0.2) is 11.5 Å². The van der Waals surface area contributed by atoms with Gasteiger partial charge in [0.2, 0.25) is 0 Å².